The van der Waals surface area contributed by atoms with Gasteiger partial charge in [0.05, 0.1) is 0 Å². The summed E-state index contributed by atoms with van der Waals surface area (Å²) in [6.07, 6.45) is 1.71. The number of ether oxygens (including phenoxy) is 2. The molecule has 0 fully saturated rings. The van der Waals surface area contributed by atoms with Crippen molar-refractivity contribution in [2.45, 2.75) is 19.1 Å². The monoisotopic (exact) mass is 258 g/mol. The fourth-order valence-corrected chi connectivity index (χ4v) is 1.79. The number of rotatable bonds is 5. The second-order valence-electron chi connectivity index (χ2n) is 3.03. The van der Waals surface area contributed by atoms with Crippen molar-refractivity contribution in [1.82, 2.24) is 0 Å². The molecule has 0 atom stereocenters. The highest BCUT2D eigenvalue weighted by molar-refractivity contribution is 9.10. The summed E-state index contributed by atoms with van der Waals surface area (Å²) in [7, 11) is 3.32. The van der Waals surface area contributed by atoms with Crippen molar-refractivity contribution in [3.63, 3.8) is 0 Å². The zero-order chi connectivity index (χ0) is 10.4. The van der Waals surface area contributed by atoms with E-state index in [-0.39, 0.29) is 6.29 Å². The summed E-state index contributed by atoms with van der Waals surface area (Å²) in [5, 5.41) is 0. The van der Waals surface area contributed by atoms with Crippen LogP contribution in [-0.4, -0.2) is 20.5 Å². The Bertz CT molecular complexity index is 272. The lowest BCUT2D eigenvalue weighted by atomic mass is 10.1. The molecule has 0 aliphatic heterocycles. The van der Waals surface area contributed by atoms with Crippen LogP contribution < -0.4 is 0 Å². The molecule has 0 radical (unpaired) electrons. The van der Waals surface area contributed by atoms with E-state index in [1.54, 1.807) is 14.2 Å². The molecule has 1 aromatic rings. The van der Waals surface area contributed by atoms with Gasteiger partial charge in [0.1, 0.15) is 0 Å². The standard InChI is InChI=1S/C11H15BrO2/c1-13-11(14-2)8-7-9-5-3-4-6-10(9)12/h3-6,11H,7-8H2,1-2H3. The SMILES string of the molecule is COC(CCc1ccccc1Br)OC. The number of halogens is 1. The van der Waals surface area contributed by atoms with Crippen LogP contribution in [0.25, 0.3) is 0 Å². The number of aryl methyl sites for hydroxylation is 1. The molecule has 0 unspecified atom stereocenters. The third kappa shape index (κ3) is 3.40. The zero-order valence-corrected chi connectivity index (χ0v) is 10.1. The maximum absolute atomic E-state index is 5.12. The molecule has 0 aromatic heterocycles. The Morgan fingerprint density at radius 2 is 1.86 bits per heavy atom. The Balaban J connectivity index is 2.49. The van der Waals surface area contributed by atoms with E-state index in [0.29, 0.717) is 0 Å². The molecule has 0 saturated carbocycles. The van der Waals surface area contributed by atoms with Gasteiger partial charge in [0.2, 0.25) is 0 Å². The van der Waals surface area contributed by atoms with Crippen LogP contribution in [0.3, 0.4) is 0 Å². The molecule has 1 aromatic carbocycles. The van der Waals surface area contributed by atoms with Gasteiger partial charge in [-0.1, -0.05) is 34.1 Å². The minimum Gasteiger partial charge on any atom is -0.356 e. The largest absolute Gasteiger partial charge is 0.356 e. The van der Waals surface area contributed by atoms with E-state index in [1.165, 1.54) is 5.56 Å². The first-order valence-corrected chi connectivity index (χ1v) is 5.36. The highest BCUT2D eigenvalue weighted by Gasteiger charge is 2.06. The van der Waals surface area contributed by atoms with E-state index in [9.17, 15) is 0 Å². The van der Waals surface area contributed by atoms with Gasteiger partial charge in [0.15, 0.2) is 6.29 Å². The topological polar surface area (TPSA) is 18.5 Å². The number of hydrogen-bond acceptors (Lipinski definition) is 2. The van der Waals surface area contributed by atoms with Crippen molar-refractivity contribution in [2.75, 3.05) is 14.2 Å². The van der Waals surface area contributed by atoms with Crippen molar-refractivity contribution in [2.24, 2.45) is 0 Å². The Hall–Kier alpha value is -0.380. The van der Waals surface area contributed by atoms with Crippen LogP contribution in [0.2, 0.25) is 0 Å². The first kappa shape index (κ1) is 11.7. The number of hydrogen-bond donors (Lipinski definition) is 0. The van der Waals surface area contributed by atoms with Crippen molar-refractivity contribution in [3.05, 3.63) is 34.3 Å². The second-order valence-corrected chi connectivity index (χ2v) is 3.89. The minimum absolute atomic E-state index is 0.109. The molecule has 3 heteroatoms. The lowest BCUT2D eigenvalue weighted by Crippen LogP contribution is -2.13. The smallest absolute Gasteiger partial charge is 0.157 e. The summed E-state index contributed by atoms with van der Waals surface area (Å²) in [4.78, 5) is 0. The molecular weight excluding hydrogens is 244 g/mol. The predicted octanol–water partition coefficient (Wildman–Crippen LogP) is 3.00. The molecule has 0 aliphatic carbocycles. The van der Waals surface area contributed by atoms with Crippen LogP contribution in [0.5, 0.6) is 0 Å². The molecule has 2 nitrogen and oxygen atoms in total. The fraction of sp³-hybridized carbons (Fsp3) is 0.455. The van der Waals surface area contributed by atoms with E-state index in [1.807, 2.05) is 18.2 Å². The first-order chi connectivity index (χ1) is 6.77. The number of methoxy groups -OCH3 is 2. The second kappa shape index (κ2) is 6.17. The summed E-state index contributed by atoms with van der Waals surface area (Å²) in [6, 6.07) is 8.20. The third-order valence-electron chi connectivity index (χ3n) is 2.13. The molecule has 14 heavy (non-hydrogen) atoms. The summed E-state index contributed by atoms with van der Waals surface area (Å²) >= 11 is 3.51. The van der Waals surface area contributed by atoms with Crippen LogP contribution in [0, 0.1) is 0 Å². The Kier molecular flexibility index (Phi) is 5.15. The van der Waals surface area contributed by atoms with Crippen molar-refractivity contribution >= 4 is 15.9 Å². The van der Waals surface area contributed by atoms with Gasteiger partial charge in [0, 0.05) is 25.1 Å². The van der Waals surface area contributed by atoms with Crippen LogP contribution in [0.1, 0.15) is 12.0 Å². The molecule has 0 heterocycles. The minimum atomic E-state index is -0.109. The van der Waals surface area contributed by atoms with Gasteiger partial charge in [-0.2, -0.15) is 0 Å². The van der Waals surface area contributed by atoms with E-state index in [2.05, 4.69) is 22.0 Å². The summed E-state index contributed by atoms with van der Waals surface area (Å²) < 4.78 is 11.4. The average Bonchev–Trinajstić information content (AvgIpc) is 2.22. The quantitative estimate of drug-likeness (QED) is 0.757. The highest BCUT2D eigenvalue weighted by Crippen LogP contribution is 2.18. The molecule has 0 saturated heterocycles. The lowest BCUT2D eigenvalue weighted by molar-refractivity contribution is -0.105. The molecule has 0 amide bonds. The Labute approximate surface area is 93.4 Å². The van der Waals surface area contributed by atoms with E-state index in [0.717, 1.165) is 17.3 Å². The van der Waals surface area contributed by atoms with Gasteiger partial charge >= 0.3 is 0 Å². The summed E-state index contributed by atoms with van der Waals surface area (Å²) in [5.74, 6) is 0. The van der Waals surface area contributed by atoms with Crippen LogP contribution >= 0.6 is 15.9 Å². The number of benzene rings is 1. The van der Waals surface area contributed by atoms with Crippen molar-refractivity contribution in [1.29, 1.82) is 0 Å². The summed E-state index contributed by atoms with van der Waals surface area (Å²) in [5.41, 5.74) is 1.28. The highest BCUT2D eigenvalue weighted by atomic mass is 79.9. The van der Waals surface area contributed by atoms with E-state index in [4.69, 9.17) is 9.47 Å². The van der Waals surface area contributed by atoms with Gasteiger partial charge in [0.25, 0.3) is 0 Å². The van der Waals surface area contributed by atoms with Crippen molar-refractivity contribution in [3.8, 4) is 0 Å². The summed E-state index contributed by atoms with van der Waals surface area (Å²) in [6.45, 7) is 0. The maximum Gasteiger partial charge on any atom is 0.157 e. The van der Waals surface area contributed by atoms with Gasteiger partial charge < -0.3 is 9.47 Å². The molecule has 1 rings (SSSR count). The van der Waals surface area contributed by atoms with Gasteiger partial charge in [-0.25, -0.2) is 0 Å². The Morgan fingerprint density at radius 1 is 1.21 bits per heavy atom. The lowest BCUT2D eigenvalue weighted by Gasteiger charge is -2.13. The molecule has 0 aliphatic rings. The average molecular weight is 259 g/mol. The molecule has 0 spiro atoms. The fourth-order valence-electron chi connectivity index (χ4n) is 1.31. The van der Waals surface area contributed by atoms with Crippen LogP contribution in [0.4, 0.5) is 0 Å². The van der Waals surface area contributed by atoms with E-state index < -0.39 is 0 Å². The first-order valence-electron chi connectivity index (χ1n) is 4.57. The van der Waals surface area contributed by atoms with E-state index >= 15 is 0 Å². The van der Waals surface area contributed by atoms with Crippen LogP contribution in [0.15, 0.2) is 28.7 Å². The van der Waals surface area contributed by atoms with Gasteiger partial charge in [-0.3, -0.25) is 0 Å². The molecular formula is C11H15BrO2. The normalized spacial score (nSPS) is 10.9. The molecule has 78 valence electrons. The van der Waals surface area contributed by atoms with Crippen molar-refractivity contribution < 1.29 is 9.47 Å². The Morgan fingerprint density at radius 3 is 2.43 bits per heavy atom. The van der Waals surface area contributed by atoms with Gasteiger partial charge in [-0.05, 0) is 18.1 Å². The maximum atomic E-state index is 5.12. The molecule has 0 bridgehead atoms. The predicted molar refractivity (Wildman–Crippen MR) is 60.3 cm³/mol. The molecule has 0 N–H and O–H groups in total. The zero-order valence-electron chi connectivity index (χ0n) is 8.50. The van der Waals surface area contributed by atoms with Crippen LogP contribution in [-0.2, 0) is 15.9 Å². The third-order valence-corrected chi connectivity index (χ3v) is 2.91. The van der Waals surface area contributed by atoms with Gasteiger partial charge in [-0.15, -0.1) is 0 Å².